The van der Waals surface area contributed by atoms with Gasteiger partial charge in [-0.1, -0.05) is 29.3 Å². The Morgan fingerprint density at radius 3 is 2.46 bits per heavy atom. The molecule has 28 heavy (non-hydrogen) atoms. The zero-order valence-corrected chi connectivity index (χ0v) is 18.3. The zero-order valence-electron chi connectivity index (χ0n) is 16.8. The van der Waals surface area contributed by atoms with Gasteiger partial charge in [0, 0.05) is 49.7 Å². The number of carbonyl (C=O) groups is 1. The van der Waals surface area contributed by atoms with Gasteiger partial charge in [-0.05, 0) is 33.6 Å². The maximum absolute atomic E-state index is 12.7. The molecule has 1 amide bonds. The van der Waals surface area contributed by atoms with Gasteiger partial charge >= 0.3 is 0 Å². The summed E-state index contributed by atoms with van der Waals surface area (Å²) in [6, 6.07) is -0.0275. The molecule has 1 aromatic heterocycles. The molecule has 8 heteroatoms. The van der Waals surface area contributed by atoms with Crippen LogP contribution in [0.15, 0.2) is 34.1 Å². The molecule has 1 saturated heterocycles. The van der Waals surface area contributed by atoms with Crippen LogP contribution < -0.4 is 5.32 Å². The van der Waals surface area contributed by atoms with Crippen LogP contribution in [-0.2, 0) is 9.53 Å². The summed E-state index contributed by atoms with van der Waals surface area (Å²) in [5.74, 6) is 0.465. The number of carbonyl (C=O) groups excluding carboxylic acids is 1. The van der Waals surface area contributed by atoms with Gasteiger partial charge in [-0.3, -0.25) is 9.69 Å². The normalized spacial score (nSPS) is 18.6. The second-order valence-electron chi connectivity index (χ2n) is 6.81. The highest BCUT2D eigenvalue weighted by Gasteiger charge is 2.27. The molecule has 1 unspecified atom stereocenters. The fraction of sp³-hybridized carbons (Fsp3) is 0.550. The fourth-order valence-corrected chi connectivity index (χ4v) is 3.58. The van der Waals surface area contributed by atoms with Gasteiger partial charge in [0.05, 0.1) is 22.8 Å². The molecule has 0 radical (unpaired) electrons. The smallest absolute Gasteiger partial charge is 0.252 e. The Labute approximate surface area is 177 Å². The van der Waals surface area contributed by atoms with Crippen LogP contribution in [-0.4, -0.2) is 53.6 Å². The fourth-order valence-electron chi connectivity index (χ4n) is 3.28. The van der Waals surface area contributed by atoms with Gasteiger partial charge in [0.25, 0.3) is 5.91 Å². The number of ether oxygens (including phenoxy) is 1. The number of aromatic nitrogens is 2. The Morgan fingerprint density at radius 1 is 1.36 bits per heavy atom. The van der Waals surface area contributed by atoms with E-state index in [2.05, 4.69) is 20.2 Å². The molecule has 0 saturated carbocycles. The molecule has 1 aliphatic heterocycles. The Bertz CT molecular complexity index is 722. The van der Waals surface area contributed by atoms with Crippen LogP contribution >= 0.6 is 23.2 Å². The largest absolute Gasteiger partial charge is 0.381 e. The molecule has 6 nitrogen and oxygen atoms in total. The summed E-state index contributed by atoms with van der Waals surface area (Å²) in [5, 5.41) is 3.64. The van der Waals surface area contributed by atoms with Crippen molar-refractivity contribution in [2.75, 3.05) is 26.7 Å². The van der Waals surface area contributed by atoms with Crippen LogP contribution in [0, 0.1) is 6.92 Å². The highest BCUT2D eigenvalue weighted by atomic mass is 35.5. The number of hydrogen-bond acceptors (Lipinski definition) is 5. The standard InChI is InChI=1S/C20H28Cl2N4O2/c1-5-17(19(22)13(2)21)20(27)25-12-18(15-10-23-14(3)24-11-15)26-8-6-16(28-4)7-9-26/h5,10-11,16,18H,6-9,12H2,1-4H3,(H,25,27)/b17-5+,19-13-. The monoisotopic (exact) mass is 426 g/mol. The number of hydrogen-bond donors (Lipinski definition) is 1. The molecule has 2 heterocycles. The van der Waals surface area contributed by atoms with Gasteiger partial charge in [-0.25, -0.2) is 9.97 Å². The number of methoxy groups -OCH3 is 1. The SMILES string of the molecule is C/C=C(C(=O)NCC(c1cnc(C)nc1)N1CCC(OC)CC1)\C(Cl)=C(/C)Cl. The topological polar surface area (TPSA) is 67.4 Å². The van der Waals surface area contributed by atoms with E-state index < -0.39 is 0 Å². The number of allylic oxidation sites excluding steroid dienone is 2. The van der Waals surface area contributed by atoms with E-state index in [0.717, 1.165) is 37.3 Å². The third-order valence-electron chi connectivity index (χ3n) is 4.96. The molecule has 1 aromatic rings. The maximum atomic E-state index is 12.7. The molecule has 1 N–H and O–H groups in total. The number of halogens is 2. The molecule has 1 aliphatic rings. The van der Waals surface area contributed by atoms with Crippen molar-refractivity contribution in [1.82, 2.24) is 20.2 Å². The van der Waals surface area contributed by atoms with Crippen molar-refractivity contribution in [2.45, 2.75) is 45.8 Å². The van der Waals surface area contributed by atoms with Gasteiger partial charge in [0.2, 0.25) is 0 Å². The van der Waals surface area contributed by atoms with Crippen LogP contribution in [0.5, 0.6) is 0 Å². The van der Waals surface area contributed by atoms with Crippen LogP contribution in [0.4, 0.5) is 0 Å². The number of nitrogens with one attached hydrogen (secondary N) is 1. The molecular formula is C20H28Cl2N4O2. The molecular weight excluding hydrogens is 399 g/mol. The average Bonchev–Trinajstić information content (AvgIpc) is 2.70. The highest BCUT2D eigenvalue weighted by molar-refractivity contribution is 6.42. The van der Waals surface area contributed by atoms with Gasteiger partial charge in [0.1, 0.15) is 5.82 Å². The molecule has 0 aromatic carbocycles. The Kier molecular flexibility index (Phi) is 8.89. The summed E-state index contributed by atoms with van der Waals surface area (Å²) in [7, 11) is 1.75. The Hall–Kier alpha value is -1.47. The minimum atomic E-state index is -0.252. The first-order valence-corrected chi connectivity index (χ1v) is 10.1. The number of rotatable bonds is 7. The third kappa shape index (κ3) is 6.01. The lowest BCUT2D eigenvalue weighted by Crippen LogP contribution is -2.44. The van der Waals surface area contributed by atoms with E-state index >= 15 is 0 Å². The van der Waals surface area contributed by atoms with Crippen LogP contribution in [0.25, 0.3) is 0 Å². The third-order valence-corrected chi connectivity index (χ3v) is 5.74. The lowest BCUT2D eigenvalue weighted by Gasteiger charge is -2.37. The Morgan fingerprint density at radius 2 is 1.96 bits per heavy atom. The number of amides is 1. The lowest BCUT2D eigenvalue weighted by atomic mass is 10.0. The number of aryl methyl sites for hydroxylation is 1. The molecule has 154 valence electrons. The molecule has 0 spiro atoms. The van der Waals surface area contributed by atoms with E-state index in [4.69, 9.17) is 27.9 Å². The number of nitrogens with zero attached hydrogens (tertiary/aromatic N) is 3. The summed E-state index contributed by atoms with van der Waals surface area (Å²) in [6.07, 6.45) is 7.51. The minimum Gasteiger partial charge on any atom is -0.381 e. The lowest BCUT2D eigenvalue weighted by molar-refractivity contribution is -0.117. The van der Waals surface area contributed by atoms with Crippen LogP contribution in [0.1, 0.15) is 44.1 Å². The maximum Gasteiger partial charge on any atom is 0.252 e. The van der Waals surface area contributed by atoms with E-state index in [1.807, 2.05) is 19.3 Å². The first-order valence-electron chi connectivity index (χ1n) is 9.39. The van der Waals surface area contributed by atoms with Crippen molar-refractivity contribution in [3.05, 3.63) is 45.5 Å². The van der Waals surface area contributed by atoms with E-state index in [1.165, 1.54) is 0 Å². The number of piperidine rings is 1. The summed E-state index contributed by atoms with van der Waals surface area (Å²) in [4.78, 5) is 23.6. The summed E-state index contributed by atoms with van der Waals surface area (Å²) in [6.45, 7) is 7.46. The van der Waals surface area contributed by atoms with Crippen molar-refractivity contribution < 1.29 is 9.53 Å². The van der Waals surface area contributed by atoms with Crippen molar-refractivity contribution in [1.29, 1.82) is 0 Å². The second kappa shape index (κ2) is 10.9. The first kappa shape index (κ1) is 22.8. The van der Waals surface area contributed by atoms with E-state index in [-0.39, 0.29) is 23.1 Å². The first-order chi connectivity index (χ1) is 13.4. The average molecular weight is 427 g/mol. The summed E-state index contributed by atoms with van der Waals surface area (Å²) in [5.41, 5.74) is 1.34. The second-order valence-corrected chi connectivity index (χ2v) is 7.76. The summed E-state index contributed by atoms with van der Waals surface area (Å²) < 4.78 is 5.47. The van der Waals surface area contributed by atoms with Gasteiger partial charge in [-0.2, -0.15) is 0 Å². The van der Waals surface area contributed by atoms with Gasteiger partial charge in [-0.15, -0.1) is 0 Å². The van der Waals surface area contributed by atoms with Crippen molar-refractivity contribution >= 4 is 29.1 Å². The highest BCUT2D eigenvalue weighted by Crippen LogP contribution is 2.26. The summed E-state index contributed by atoms with van der Waals surface area (Å²) >= 11 is 12.1. The van der Waals surface area contributed by atoms with Crippen molar-refractivity contribution in [3.8, 4) is 0 Å². The molecule has 1 atom stereocenters. The molecule has 2 rings (SSSR count). The molecule has 0 aliphatic carbocycles. The van der Waals surface area contributed by atoms with E-state index in [0.29, 0.717) is 17.2 Å². The van der Waals surface area contributed by atoms with Gasteiger partial charge in [0.15, 0.2) is 0 Å². The predicted molar refractivity (Wildman–Crippen MR) is 112 cm³/mol. The van der Waals surface area contributed by atoms with Crippen molar-refractivity contribution in [2.24, 2.45) is 0 Å². The Balaban J connectivity index is 2.15. The molecule has 1 fully saturated rings. The molecule has 0 bridgehead atoms. The van der Waals surface area contributed by atoms with Crippen LogP contribution in [0.3, 0.4) is 0 Å². The zero-order chi connectivity index (χ0) is 20.7. The number of likely N-dealkylation sites (tertiary alicyclic amines) is 1. The minimum absolute atomic E-state index is 0.0275. The van der Waals surface area contributed by atoms with Gasteiger partial charge < -0.3 is 10.1 Å². The predicted octanol–water partition coefficient (Wildman–Crippen LogP) is 3.71. The van der Waals surface area contributed by atoms with Crippen molar-refractivity contribution in [3.63, 3.8) is 0 Å². The van der Waals surface area contributed by atoms with E-state index in [9.17, 15) is 4.79 Å². The van der Waals surface area contributed by atoms with E-state index in [1.54, 1.807) is 27.0 Å². The van der Waals surface area contributed by atoms with Crippen LogP contribution in [0.2, 0.25) is 0 Å². The quantitative estimate of drug-likeness (QED) is 0.531.